The molecule has 1 aliphatic rings. The Morgan fingerprint density at radius 3 is 2.73 bits per heavy atom. The van der Waals surface area contributed by atoms with E-state index in [1.54, 1.807) is 6.92 Å². The molecule has 0 aliphatic heterocycles. The van der Waals surface area contributed by atoms with E-state index in [-0.39, 0.29) is 17.3 Å². The van der Waals surface area contributed by atoms with Crippen LogP contribution in [-0.4, -0.2) is 30.5 Å². The van der Waals surface area contributed by atoms with Gasteiger partial charge in [0.25, 0.3) is 5.91 Å². The summed E-state index contributed by atoms with van der Waals surface area (Å²) in [5, 5.41) is 15.8. The van der Waals surface area contributed by atoms with Gasteiger partial charge in [0.1, 0.15) is 0 Å². The van der Waals surface area contributed by atoms with E-state index >= 15 is 0 Å². The summed E-state index contributed by atoms with van der Waals surface area (Å²) in [7, 11) is 1.37. The monoisotopic (exact) mass is 308 g/mol. The fourth-order valence-electron chi connectivity index (χ4n) is 2.78. The van der Waals surface area contributed by atoms with Crippen molar-refractivity contribution in [3.8, 4) is 5.75 Å². The van der Waals surface area contributed by atoms with Crippen LogP contribution in [-0.2, 0) is 4.79 Å². The van der Waals surface area contributed by atoms with E-state index in [2.05, 4.69) is 10.6 Å². The molecule has 1 aliphatic carbocycles. The molecule has 1 fully saturated rings. The summed E-state index contributed by atoms with van der Waals surface area (Å²) in [6.45, 7) is 2.09. The molecule has 0 aromatic heterocycles. The average Bonchev–Trinajstić information content (AvgIpc) is 3.00. The zero-order chi connectivity index (χ0) is 16.1. The Labute approximate surface area is 129 Å². The lowest BCUT2D eigenvalue weighted by atomic mass is 10.1. The number of hydrogen-bond acceptors (Lipinski definition) is 4. The Bertz CT molecular complexity index is 568. The van der Waals surface area contributed by atoms with Crippen LogP contribution in [0.1, 0.15) is 31.2 Å². The van der Waals surface area contributed by atoms with Gasteiger partial charge in [-0.15, -0.1) is 0 Å². The lowest BCUT2D eigenvalue weighted by molar-refractivity contribution is -0.677. The molecule has 0 heterocycles. The van der Waals surface area contributed by atoms with Crippen molar-refractivity contribution in [2.45, 2.75) is 38.6 Å². The highest BCUT2D eigenvalue weighted by molar-refractivity contribution is 5.92. The minimum absolute atomic E-state index is 0.101. The number of quaternary nitrogens is 1. The van der Waals surface area contributed by atoms with Crippen molar-refractivity contribution < 1.29 is 19.8 Å². The smallest absolute Gasteiger partial charge is 0.311 e. The Kier molecular flexibility index (Phi) is 5.32. The predicted molar refractivity (Wildman–Crippen MR) is 82.1 cm³/mol. The topological polar surface area (TPSA) is 98.1 Å². The second kappa shape index (κ2) is 7.22. The predicted octanol–water partition coefficient (Wildman–Crippen LogP) is 1.36. The number of nitro groups is 1. The maximum absolute atomic E-state index is 12.0. The molecular weight excluding hydrogens is 286 g/mol. The van der Waals surface area contributed by atoms with Crippen LogP contribution in [0, 0.1) is 17.0 Å². The summed E-state index contributed by atoms with van der Waals surface area (Å²) < 4.78 is 5.02. The first-order chi connectivity index (χ1) is 10.5. The molecule has 1 saturated carbocycles. The lowest BCUT2D eigenvalue weighted by Crippen LogP contribution is -2.91. The Morgan fingerprint density at radius 2 is 2.14 bits per heavy atom. The number of nitrogens with one attached hydrogen (secondary N) is 1. The fraction of sp³-hybridized carbons (Fsp3) is 0.533. The molecule has 120 valence electrons. The van der Waals surface area contributed by atoms with Gasteiger partial charge in [-0.1, -0.05) is 0 Å². The maximum atomic E-state index is 12.0. The van der Waals surface area contributed by atoms with Crippen molar-refractivity contribution in [2.75, 3.05) is 19.0 Å². The van der Waals surface area contributed by atoms with E-state index in [0.717, 1.165) is 12.8 Å². The molecule has 22 heavy (non-hydrogen) atoms. The third-order valence-corrected chi connectivity index (χ3v) is 4.03. The molecule has 2 rings (SSSR count). The van der Waals surface area contributed by atoms with Gasteiger partial charge in [0.05, 0.1) is 18.1 Å². The fourth-order valence-corrected chi connectivity index (χ4v) is 2.78. The standard InChI is InChI=1S/C15H21N3O4/c1-10-7-13(18(20)21)14(22-2)8-12(10)17-15(19)9-16-11-5-3-4-6-11/h7-8,11,16H,3-6,9H2,1-2H3,(H,17,19)/p+1. The molecule has 7 heteroatoms. The normalized spacial score (nSPS) is 14.8. The number of ether oxygens (including phenoxy) is 1. The van der Waals surface area contributed by atoms with E-state index in [9.17, 15) is 14.9 Å². The Morgan fingerprint density at radius 1 is 1.45 bits per heavy atom. The van der Waals surface area contributed by atoms with Crippen molar-refractivity contribution in [2.24, 2.45) is 0 Å². The SMILES string of the molecule is COc1cc(NC(=O)C[NH2+]C2CCCC2)c(C)cc1[N+](=O)[O-]. The highest BCUT2D eigenvalue weighted by atomic mass is 16.6. The summed E-state index contributed by atoms with van der Waals surface area (Å²) in [6.07, 6.45) is 4.80. The van der Waals surface area contributed by atoms with Gasteiger partial charge in [-0.25, -0.2) is 0 Å². The first-order valence-corrected chi connectivity index (χ1v) is 7.47. The number of nitro benzene ring substituents is 1. The molecule has 3 N–H and O–H groups in total. The van der Waals surface area contributed by atoms with Crippen molar-refractivity contribution in [1.82, 2.24) is 0 Å². The highest BCUT2D eigenvalue weighted by Crippen LogP contribution is 2.32. The lowest BCUT2D eigenvalue weighted by Gasteiger charge is -2.12. The molecular formula is C15H22N3O4+. The van der Waals surface area contributed by atoms with Crippen LogP contribution in [0.3, 0.4) is 0 Å². The van der Waals surface area contributed by atoms with Crippen molar-refractivity contribution >= 4 is 17.3 Å². The summed E-state index contributed by atoms with van der Waals surface area (Å²) >= 11 is 0. The molecule has 0 unspecified atom stereocenters. The number of methoxy groups -OCH3 is 1. The third-order valence-electron chi connectivity index (χ3n) is 4.03. The first-order valence-electron chi connectivity index (χ1n) is 7.47. The second-order valence-corrected chi connectivity index (χ2v) is 5.63. The molecule has 0 atom stereocenters. The van der Waals surface area contributed by atoms with Gasteiger partial charge in [0.15, 0.2) is 12.3 Å². The highest BCUT2D eigenvalue weighted by Gasteiger charge is 2.21. The number of hydrogen-bond donors (Lipinski definition) is 2. The van der Waals surface area contributed by atoms with Gasteiger partial charge in [-0.3, -0.25) is 14.9 Å². The van der Waals surface area contributed by atoms with Crippen molar-refractivity contribution in [1.29, 1.82) is 0 Å². The molecule has 0 bridgehead atoms. The van der Waals surface area contributed by atoms with E-state index in [1.807, 2.05) is 0 Å². The number of aryl methyl sites for hydroxylation is 1. The van der Waals surface area contributed by atoms with Gasteiger partial charge < -0.3 is 15.4 Å². The number of amides is 1. The Balaban J connectivity index is 2.01. The van der Waals surface area contributed by atoms with E-state index < -0.39 is 4.92 Å². The number of benzene rings is 1. The molecule has 7 nitrogen and oxygen atoms in total. The van der Waals surface area contributed by atoms with Gasteiger partial charge in [-0.2, -0.15) is 0 Å². The quantitative estimate of drug-likeness (QED) is 0.612. The second-order valence-electron chi connectivity index (χ2n) is 5.63. The third kappa shape index (κ3) is 3.94. The first kappa shape index (κ1) is 16.2. The number of carbonyl (C=O) groups excluding carboxylic acids is 1. The maximum Gasteiger partial charge on any atom is 0.311 e. The molecule has 0 radical (unpaired) electrons. The van der Waals surface area contributed by atoms with Crippen molar-refractivity contribution in [3.63, 3.8) is 0 Å². The van der Waals surface area contributed by atoms with Crippen LogP contribution >= 0.6 is 0 Å². The zero-order valence-electron chi connectivity index (χ0n) is 12.9. The van der Waals surface area contributed by atoms with Crippen LogP contribution in [0.2, 0.25) is 0 Å². The van der Waals surface area contributed by atoms with Crippen LogP contribution < -0.4 is 15.4 Å². The molecule has 1 aromatic carbocycles. The van der Waals surface area contributed by atoms with Gasteiger partial charge in [0.2, 0.25) is 0 Å². The molecule has 1 aromatic rings. The minimum atomic E-state index is -0.495. The van der Waals surface area contributed by atoms with E-state index in [1.165, 1.54) is 32.1 Å². The number of carbonyl (C=O) groups is 1. The van der Waals surface area contributed by atoms with Crippen LogP contribution in [0.4, 0.5) is 11.4 Å². The largest absolute Gasteiger partial charge is 0.490 e. The summed E-state index contributed by atoms with van der Waals surface area (Å²) in [6, 6.07) is 3.45. The summed E-state index contributed by atoms with van der Waals surface area (Å²) in [5.41, 5.74) is 1.09. The van der Waals surface area contributed by atoms with Crippen LogP contribution in [0.25, 0.3) is 0 Å². The number of rotatable bonds is 6. The van der Waals surface area contributed by atoms with Gasteiger partial charge in [0, 0.05) is 17.8 Å². The number of nitrogens with zero attached hydrogens (tertiary/aromatic N) is 1. The van der Waals surface area contributed by atoms with Crippen LogP contribution in [0.5, 0.6) is 5.75 Å². The van der Waals surface area contributed by atoms with E-state index in [0.29, 0.717) is 23.8 Å². The average molecular weight is 308 g/mol. The summed E-state index contributed by atoms with van der Waals surface area (Å²) in [4.78, 5) is 22.5. The van der Waals surface area contributed by atoms with Gasteiger partial charge >= 0.3 is 5.69 Å². The number of anilines is 1. The minimum Gasteiger partial charge on any atom is -0.490 e. The summed E-state index contributed by atoms with van der Waals surface area (Å²) in [5.74, 6) is 0.0385. The molecule has 1 amide bonds. The molecule has 0 saturated heterocycles. The zero-order valence-corrected chi connectivity index (χ0v) is 12.9. The van der Waals surface area contributed by atoms with Crippen molar-refractivity contribution in [3.05, 3.63) is 27.8 Å². The van der Waals surface area contributed by atoms with E-state index in [4.69, 9.17) is 4.74 Å². The van der Waals surface area contributed by atoms with Crippen LogP contribution in [0.15, 0.2) is 12.1 Å². The van der Waals surface area contributed by atoms with Gasteiger partial charge in [-0.05, 0) is 38.2 Å². The number of nitrogens with two attached hydrogens (primary N) is 1. The molecule has 0 spiro atoms. The Hall–Kier alpha value is -2.15.